The van der Waals surface area contributed by atoms with E-state index in [-0.39, 0.29) is 17.8 Å². The van der Waals surface area contributed by atoms with Gasteiger partial charge in [0.1, 0.15) is 5.75 Å². The van der Waals surface area contributed by atoms with Crippen LogP contribution in [0.4, 0.5) is 5.13 Å². The van der Waals surface area contributed by atoms with E-state index in [9.17, 15) is 4.79 Å². The van der Waals surface area contributed by atoms with Crippen LogP contribution in [-0.4, -0.2) is 45.5 Å². The van der Waals surface area contributed by atoms with Crippen molar-refractivity contribution in [3.8, 4) is 17.0 Å². The predicted molar refractivity (Wildman–Crippen MR) is 137 cm³/mol. The molecule has 1 aliphatic rings. The summed E-state index contributed by atoms with van der Waals surface area (Å²) < 4.78 is 14.6. The summed E-state index contributed by atoms with van der Waals surface area (Å²) in [7, 11) is 0. The quantitative estimate of drug-likeness (QED) is 0.311. The van der Waals surface area contributed by atoms with Gasteiger partial charge in [-0.15, -0.1) is 0 Å². The van der Waals surface area contributed by atoms with Crippen LogP contribution in [0.2, 0.25) is 0 Å². The molecule has 1 N–H and O–H groups in total. The van der Waals surface area contributed by atoms with Crippen LogP contribution in [0.5, 0.6) is 5.75 Å². The zero-order valence-corrected chi connectivity index (χ0v) is 20.5. The van der Waals surface area contributed by atoms with Crippen LogP contribution in [0.25, 0.3) is 21.5 Å². The number of hydrogen-bond acceptors (Lipinski definition) is 7. The molecule has 1 atom stereocenters. The Morgan fingerprint density at radius 2 is 2.18 bits per heavy atom. The summed E-state index contributed by atoms with van der Waals surface area (Å²) in [6, 6.07) is 16.0. The maximum absolute atomic E-state index is 12.7. The van der Waals surface area contributed by atoms with Crippen LogP contribution in [-0.2, 0) is 16.1 Å². The number of imidazole rings is 1. The van der Waals surface area contributed by atoms with Crippen LogP contribution in [0.15, 0.2) is 59.9 Å². The first kappa shape index (κ1) is 22.9. The van der Waals surface area contributed by atoms with Gasteiger partial charge in [0, 0.05) is 6.61 Å². The number of hydrogen-bond donors (Lipinski definition) is 1. The van der Waals surface area contributed by atoms with E-state index in [2.05, 4.69) is 32.0 Å². The van der Waals surface area contributed by atoms with Gasteiger partial charge in [-0.3, -0.25) is 4.79 Å². The van der Waals surface area contributed by atoms with Gasteiger partial charge >= 0.3 is 0 Å². The Bertz CT molecular complexity index is 1270. The van der Waals surface area contributed by atoms with E-state index in [1.54, 1.807) is 0 Å². The van der Waals surface area contributed by atoms with Crippen LogP contribution in [0, 0.1) is 0 Å². The van der Waals surface area contributed by atoms with E-state index in [1.807, 2.05) is 49.5 Å². The largest absolute Gasteiger partial charge is 0.494 e. The Balaban J connectivity index is 1.28. The van der Waals surface area contributed by atoms with E-state index in [1.165, 1.54) is 23.1 Å². The summed E-state index contributed by atoms with van der Waals surface area (Å²) >= 11 is 2.87. The average Bonchev–Trinajstić information content (AvgIpc) is 3.59. The summed E-state index contributed by atoms with van der Waals surface area (Å²) in [6.07, 6.45) is 4.18. The maximum atomic E-state index is 12.7. The standard InChI is InChI=1S/C25H26N4O3S2/c1-2-31-18-10-11-20-22(13-18)34-24(27-20)28-23(30)16-33-25-26-14-21(17-7-4-3-5-8-17)29(25)15-19-9-6-12-32-19/h3-5,7-8,10-11,13-14,19H,2,6,9,12,15-16H2,1H3,(H,27,28,30)/t19-/m0/s1. The summed E-state index contributed by atoms with van der Waals surface area (Å²) in [4.78, 5) is 21.9. The lowest BCUT2D eigenvalue weighted by Gasteiger charge is -2.16. The van der Waals surface area contributed by atoms with E-state index in [4.69, 9.17) is 9.47 Å². The van der Waals surface area contributed by atoms with Crippen molar-refractivity contribution in [3.63, 3.8) is 0 Å². The number of thioether (sulfide) groups is 1. The van der Waals surface area contributed by atoms with Crippen LogP contribution < -0.4 is 10.1 Å². The number of carbonyl (C=O) groups excluding carboxylic acids is 1. The van der Waals surface area contributed by atoms with Crippen molar-refractivity contribution in [2.75, 3.05) is 24.3 Å². The molecule has 1 saturated heterocycles. The number of fused-ring (bicyclic) bond motifs is 1. The monoisotopic (exact) mass is 494 g/mol. The average molecular weight is 495 g/mol. The first-order valence-electron chi connectivity index (χ1n) is 11.4. The Hall–Kier alpha value is -2.88. The number of amides is 1. The van der Waals surface area contributed by atoms with Crippen molar-refractivity contribution in [1.29, 1.82) is 0 Å². The number of nitrogens with zero attached hydrogens (tertiary/aromatic N) is 3. The Kier molecular flexibility index (Phi) is 7.13. The minimum atomic E-state index is -0.109. The second-order valence-corrected chi connectivity index (χ2v) is 9.93. The third kappa shape index (κ3) is 5.27. The number of benzene rings is 2. The highest BCUT2D eigenvalue weighted by atomic mass is 32.2. The van der Waals surface area contributed by atoms with Gasteiger partial charge in [-0.1, -0.05) is 53.4 Å². The molecule has 2 aromatic heterocycles. The number of nitrogens with one attached hydrogen (secondary N) is 1. The lowest BCUT2D eigenvalue weighted by Crippen LogP contribution is -2.18. The highest BCUT2D eigenvalue weighted by Gasteiger charge is 2.21. The molecule has 2 aromatic carbocycles. The molecule has 5 rings (SSSR count). The molecule has 3 heterocycles. The number of rotatable bonds is 9. The van der Waals surface area contributed by atoms with Crippen molar-refractivity contribution >= 4 is 44.4 Å². The number of thiazole rings is 1. The predicted octanol–water partition coefficient (Wildman–Crippen LogP) is 5.47. The molecule has 4 aromatic rings. The molecule has 0 bridgehead atoms. The second-order valence-electron chi connectivity index (χ2n) is 7.96. The number of carbonyl (C=O) groups is 1. The first-order chi connectivity index (χ1) is 16.7. The van der Waals surface area contributed by atoms with Crippen LogP contribution in [0.1, 0.15) is 19.8 Å². The van der Waals surface area contributed by atoms with E-state index in [0.717, 1.165) is 58.4 Å². The number of anilines is 1. The Morgan fingerprint density at radius 1 is 1.29 bits per heavy atom. The van der Waals surface area contributed by atoms with E-state index < -0.39 is 0 Å². The fraction of sp³-hybridized carbons (Fsp3) is 0.320. The van der Waals surface area contributed by atoms with Gasteiger partial charge in [0.25, 0.3) is 0 Å². The van der Waals surface area contributed by atoms with Gasteiger partial charge in [-0.25, -0.2) is 9.97 Å². The lowest BCUT2D eigenvalue weighted by atomic mass is 10.1. The third-order valence-corrected chi connectivity index (χ3v) is 7.47. The Labute approximate surface area is 206 Å². The van der Waals surface area contributed by atoms with Crippen LogP contribution >= 0.6 is 23.1 Å². The number of aromatic nitrogens is 3. The molecule has 0 spiro atoms. The van der Waals surface area contributed by atoms with E-state index >= 15 is 0 Å². The van der Waals surface area contributed by atoms with Crippen molar-refractivity contribution in [2.24, 2.45) is 0 Å². The van der Waals surface area contributed by atoms with Gasteiger partial charge in [0.15, 0.2) is 10.3 Å². The fourth-order valence-corrected chi connectivity index (χ4v) is 5.68. The normalized spacial score (nSPS) is 15.6. The van der Waals surface area contributed by atoms with Crippen molar-refractivity contribution in [1.82, 2.24) is 14.5 Å². The molecule has 1 amide bonds. The first-order valence-corrected chi connectivity index (χ1v) is 13.2. The zero-order chi connectivity index (χ0) is 23.3. The zero-order valence-electron chi connectivity index (χ0n) is 18.9. The molecule has 7 nitrogen and oxygen atoms in total. The summed E-state index contributed by atoms with van der Waals surface area (Å²) in [5.74, 6) is 0.943. The molecular weight excluding hydrogens is 468 g/mol. The highest BCUT2D eigenvalue weighted by molar-refractivity contribution is 7.99. The smallest absolute Gasteiger partial charge is 0.236 e. The minimum Gasteiger partial charge on any atom is -0.494 e. The minimum absolute atomic E-state index is 0.109. The van der Waals surface area contributed by atoms with Crippen molar-refractivity contribution < 1.29 is 14.3 Å². The molecule has 34 heavy (non-hydrogen) atoms. The SMILES string of the molecule is CCOc1ccc2nc(NC(=O)CSc3ncc(-c4ccccc4)n3C[C@@H]3CCCO3)sc2c1. The Morgan fingerprint density at radius 3 is 2.97 bits per heavy atom. The molecule has 0 radical (unpaired) electrons. The molecule has 0 aliphatic carbocycles. The molecule has 9 heteroatoms. The summed E-state index contributed by atoms with van der Waals surface area (Å²) in [6.45, 7) is 4.10. The van der Waals surface area contributed by atoms with Crippen LogP contribution in [0.3, 0.4) is 0 Å². The summed E-state index contributed by atoms with van der Waals surface area (Å²) in [5.41, 5.74) is 2.98. The van der Waals surface area contributed by atoms with Gasteiger partial charge in [0.05, 0.1) is 47.1 Å². The molecule has 0 unspecified atom stereocenters. The van der Waals surface area contributed by atoms with Crippen molar-refractivity contribution in [2.45, 2.75) is 37.6 Å². The van der Waals surface area contributed by atoms with Gasteiger partial charge in [0.2, 0.25) is 5.91 Å². The second kappa shape index (κ2) is 10.6. The third-order valence-electron chi connectivity index (χ3n) is 5.55. The van der Waals surface area contributed by atoms with Crippen molar-refractivity contribution in [3.05, 3.63) is 54.7 Å². The fourth-order valence-electron chi connectivity index (χ4n) is 3.98. The highest BCUT2D eigenvalue weighted by Crippen LogP contribution is 2.31. The molecule has 176 valence electrons. The van der Waals surface area contributed by atoms with Gasteiger partial charge in [-0.05, 0) is 43.5 Å². The maximum Gasteiger partial charge on any atom is 0.236 e. The van der Waals surface area contributed by atoms with Gasteiger partial charge in [-0.2, -0.15) is 0 Å². The summed E-state index contributed by atoms with van der Waals surface area (Å²) in [5, 5.41) is 4.33. The molecule has 1 fully saturated rings. The van der Waals surface area contributed by atoms with E-state index in [0.29, 0.717) is 11.7 Å². The topological polar surface area (TPSA) is 78.3 Å². The molecule has 1 aliphatic heterocycles. The van der Waals surface area contributed by atoms with Gasteiger partial charge < -0.3 is 19.4 Å². The molecular formula is C25H26N4O3S2. The molecule has 0 saturated carbocycles. The number of ether oxygens (including phenoxy) is 2. The lowest BCUT2D eigenvalue weighted by molar-refractivity contribution is -0.113.